The third-order valence-corrected chi connectivity index (χ3v) is 5.63. The Labute approximate surface area is 165 Å². The number of hydrogen-bond acceptors (Lipinski definition) is 6. The summed E-state index contributed by atoms with van der Waals surface area (Å²) in [6, 6.07) is 9.17. The van der Waals surface area contributed by atoms with E-state index >= 15 is 0 Å². The van der Waals surface area contributed by atoms with E-state index in [2.05, 4.69) is 5.32 Å². The van der Waals surface area contributed by atoms with Crippen molar-refractivity contribution in [2.45, 2.75) is 18.9 Å². The Bertz CT molecular complexity index is 838. The maximum absolute atomic E-state index is 12.5. The number of nitro benzene ring substituents is 1. The van der Waals surface area contributed by atoms with E-state index in [4.69, 9.17) is 0 Å². The first-order valence-corrected chi connectivity index (χ1v) is 9.86. The number of amides is 2. The fraction of sp³-hybridized carbons (Fsp3) is 0.368. The van der Waals surface area contributed by atoms with Gasteiger partial charge in [0.2, 0.25) is 5.91 Å². The lowest BCUT2D eigenvalue weighted by atomic mass is 9.96. The number of carbonyl (C=O) groups is 2. The zero-order valence-electron chi connectivity index (χ0n) is 15.1. The summed E-state index contributed by atoms with van der Waals surface area (Å²) < 4.78 is 0. The number of benzene rings is 1. The van der Waals surface area contributed by atoms with E-state index in [9.17, 15) is 24.8 Å². The topological polar surface area (TPSA) is 113 Å². The first-order valence-electron chi connectivity index (χ1n) is 8.98. The van der Waals surface area contributed by atoms with Gasteiger partial charge < -0.3 is 15.3 Å². The van der Waals surface area contributed by atoms with Crippen LogP contribution in [-0.2, 0) is 4.79 Å². The fourth-order valence-corrected chi connectivity index (χ4v) is 3.90. The number of hydrogen-bond donors (Lipinski definition) is 2. The number of nitrogens with one attached hydrogen (secondary N) is 1. The van der Waals surface area contributed by atoms with Crippen LogP contribution in [0.25, 0.3) is 0 Å². The zero-order chi connectivity index (χ0) is 20.1. The number of non-ortho nitro benzene ring substituents is 1. The van der Waals surface area contributed by atoms with Crippen LogP contribution < -0.4 is 5.32 Å². The predicted octanol–water partition coefficient (Wildman–Crippen LogP) is 2.36. The number of rotatable bonds is 6. The molecule has 0 aliphatic carbocycles. The van der Waals surface area contributed by atoms with Gasteiger partial charge in [0.05, 0.1) is 21.8 Å². The first-order chi connectivity index (χ1) is 13.5. The number of likely N-dealkylation sites (tertiary alicyclic amines) is 1. The van der Waals surface area contributed by atoms with Crippen molar-refractivity contribution in [2.24, 2.45) is 5.92 Å². The van der Waals surface area contributed by atoms with Crippen LogP contribution in [-0.4, -0.2) is 46.4 Å². The van der Waals surface area contributed by atoms with Gasteiger partial charge in [-0.15, -0.1) is 11.3 Å². The SMILES string of the molecule is O=C(NC[C@H](O)c1ccc([N+](=O)[O-])cc1)[C@@H]1CCCN(C(=O)c2cccs2)C1. The summed E-state index contributed by atoms with van der Waals surface area (Å²) in [5, 5.41) is 25.5. The predicted molar refractivity (Wildman–Crippen MR) is 104 cm³/mol. The summed E-state index contributed by atoms with van der Waals surface area (Å²) in [4.78, 5) is 37.5. The molecule has 2 N–H and O–H groups in total. The smallest absolute Gasteiger partial charge is 0.269 e. The lowest BCUT2D eigenvalue weighted by Crippen LogP contribution is -2.45. The zero-order valence-corrected chi connectivity index (χ0v) is 15.9. The van der Waals surface area contributed by atoms with E-state index in [1.165, 1.54) is 35.6 Å². The molecule has 28 heavy (non-hydrogen) atoms. The van der Waals surface area contributed by atoms with Crippen molar-refractivity contribution in [1.29, 1.82) is 0 Å². The van der Waals surface area contributed by atoms with Crippen LogP contribution in [0.4, 0.5) is 5.69 Å². The van der Waals surface area contributed by atoms with Crippen molar-refractivity contribution >= 4 is 28.8 Å². The number of carbonyl (C=O) groups excluding carboxylic acids is 2. The van der Waals surface area contributed by atoms with Crippen molar-refractivity contribution < 1.29 is 19.6 Å². The minimum Gasteiger partial charge on any atom is -0.387 e. The van der Waals surface area contributed by atoms with Gasteiger partial charge in [-0.2, -0.15) is 0 Å². The summed E-state index contributed by atoms with van der Waals surface area (Å²) in [6.45, 7) is 0.994. The second kappa shape index (κ2) is 8.94. The first kappa shape index (κ1) is 20.0. The standard InChI is InChI=1S/C19H21N3O5S/c23-16(13-5-7-15(8-6-13)22(26)27)11-20-18(24)14-3-1-9-21(12-14)19(25)17-4-2-10-28-17/h2,4-8,10,14,16,23H,1,3,9,11-12H2,(H,20,24)/t14-,16+/m1/s1. The third kappa shape index (κ3) is 4.73. The second-order valence-corrected chi connectivity index (χ2v) is 7.62. The van der Waals surface area contributed by atoms with E-state index < -0.39 is 11.0 Å². The molecule has 8 nitrogen and oxygen atoms in total. The van der Waals surface area contributed by atoms with E-state index in [-0.39, 0.29) is 30.0 Å². The molecule has 0 saturated carbocycles. The van der Waals surface area contributed by atoms with Crippen LogP contribution >= 0.6 is 11.3 Å². The molecule has 0 spiro atoms. The largest absolute Gasteiger partial charge is 0.387 e. The summed E-state index contributed by atoms with van der Waals surface area (Å²) >= 11 is 1.38. The fourth-order valence-electron chi connectivity index (χ4n) is 3.21. The molecule has 9 heteroatoms. The highest BCUT2D eigenvalue weighted by molar-refractivity contribution is 7.12. The molecule has 2 atom stereocenters. The van der Waals surface area contributed by atoms with Gasteiger partial charge >= 0.3 is 0 Å². The summed E-state index contributed by atoms with van der Waals surface area (Å²) in [6.07, 6.45) is 0.477. The molecule has 1 saturated heterocycles. The highest BCUT2D eigenvalue weighted by atomic mass is 32.1. The Morgan fingerprint density at radius 1 is 1.32 bits per heavy atom. The maximum atomic E-state index is 12.5. The molecule has 1 aromatic heterocycles. The van der Waals surface area contributed by atoms with Crippen LogP contribution in [0.2, 0.25) is 0 Å². The number of piperidine rings is 1. The Kier molecular flexibility index (Phi) is 6.37. The highest BCUT2D eigenvalue weighted by Crippen LogP contribution is 2.21. The van der Waals surface area contributed by atoms with E-state index in [1.54, 1.807) is 11.0 Å². The molecule has 0 unspecified atom stereocenters. The Morgan fingerprint density at radius 3 is 2.71 bits per heavy atom. The molecular weight excluding hydrogens is 382 g/mol. The quantitative estimate of drug-likeness (QED) is 0.568. The van der Waals surface area contributed by atoms with Gasteiger partial charge in [-0.05, 0) is 42.0 Å². The van der Waals surface area contributed by atoms with Crippen LogP contribution in [0.5, 0.6) is 0 Å². The monoisotopic (exact) mass is 403 g/mol. The average Bonchev–Trinajstić information content (AvgIpc) is 3.26. The van der Waals surface area contributed by atoms with E-state index in [0.717, 1.165) is 6.42 Å². The van der Waals surface area contributed by atoms with E-state index in [1.807, 2.05) is 11.4 Å². The van der Waals surface area contributed by atoms with Gasteiger partial charge in [0.1, 0.15) is 0 Å². The third-order valence-electron chi connectivity index (χ3n) is 4.77. The maximum Gasteiger partial charge on any atom is 0.269 e. The van der Waals surface area contributed by atoms with Crippen molar-refractivity contribution in [3.63, 3.8) is 0 Å². The van der Waals surface area contributed by atoms with Gasteiger partial charge in [0, 0.05) is 31.8 Å². The molecule has 148 valence electrons. The molecule has 2 aromatic rings. The molecule has 1 aliphatic heterocycles. The number of nitrogens with zero attached hydrogens (tertiary/aromatic N) is 2. The molecule has 1 aromatic carbocycles. The molecular formula is C19H21N3O5S. The molecule has 0 bridgehead atoms. The molecule has 3 rings (SSSR count). The molecule has 0 radical (unpaired) electrons. The number of aliphatic hydroxyl groups excluding tert-OH is 1. The minimum absolute atomic E-state index is 0.00597. The average molecular weight is 403 g/mol. The summed E-state index contributed by atoms with van der Waals surface area (Å²) in [5.41, 5.74) is 0.432. The van der Waals surface area contributed by atoms with Crippen molar-refractivity contribution in [1.82, 2.24) is 10.2 Å². The normalized spacial score (nSPS) is 17.8. The molecule has 1 aliphatic rings. The van der Waals surface area contributed by atoms with Gasteiger partial charge in [-0.3, -0.25) is 19.7 Å². The highest BCUT2D eigenvalue weighted by Gasteiger charge is 2.29. The summed E-state index contributed by atoms with van der Waals surface area (Å²) in [5.74, 6) is -0.579. The van der Waals surface area contributed by atoms with Crippen LogP contribution in [0.1, 0.15) is 34.2 Å². The van der Waals surface area contributed by atoms with Crippen molar-refractivity contribution in [2.75, 3.05) is 19.6 Å². The summed E-state index contributed by atoms with van der Waals surface area (Å²) in [7, 11) is 0. The molecule has 1 fully saturated rings. The second-order valence-electron chi connectivity index (χ2n) is 6.68. The van der Waals surface area contributed by atoms with Crippen LogP contribution in [0, 0.1) is 16.0 Å². The van der Waals surface area contributed by atoms with Crippen LogP contribution in [0.15, 0.2) is 41.8 Å². The lowest BCUT2D eigenvalue weighted by molar-refractivity contribution is -0.384. The number of nitro groups is 1. The van der Waals surface area contributed by atoms with Crippen LogP contribution in [0.3, 0.4) is 0 Å². The number of aliphatic hydroxyl groups is 1. The lowest BCUT2D eigenvalue weighted by Gasteiger charge is -2.32. The Balaban J connectivity index is 1.52. The molecule has 2 amide bonds. The Morgan fingerprint density at radius 2 is 2.07 bits per heavy atom. The van der Waals surface area contributed by atoms with Gasteiger partial charge in [-0.25, -0.2) is 0 Å². The minimum atomic E-state index is -0.961. The van der Waals surface area contributed by atoms with Crippen molar-refractivity contribution in [3.05, 3.63) is 62.3 Å². The van der Waals surface area contributed by atoms with Gasteiger partial charge in [-0.1, -0.05) is 6.07 Å². The van der Waals surface area contributed by atoms with Gasteiger partial charge in [0.25, 0.3) is 11.6 Å². The van der Waals surface area contributed by atoms with E-state index in [0.29, 0.717) is 30.0 Å². The van der Waals surface area contributed by atoms with Gasteiger partial charge in [0.15, 0.2) is 0 Å². The molecule has 2 heterocycles. The number of thiophene rings is 1. The Hall–Kier alpha value is -2.78. The van der Waals surface area contributed by atoms with Crippen molar-refractivity contribution in [3.8, 4) is 0 Å².